The average molecular weight is 305 g/mol. The van der Waals surface area contributed by atoms with Crippen LogP contribution in [0.25, 0.3) is 0 Å². The molecule has 0 saturated heterocycles. The zero-order valence-corrected chi connectivity index (χ0v) is 13.3. The fourth-order valence-corrected chi connectivity index (χ4v) is 3.20. The summed E-state index contributed by atoms with van der Waals surface area (Å²) in [5.74, 6) is -0.100. The molecule has 0 spiro atoms. The number of nitrogens with zero attached hydrogens (tertiary/aromatic N) is 1. The molecule has 1 unspecified atom stereocenters. The second kappa shape index (κ2) is 7.52. The molecule has 4 heteroatoms. The van der Waals surface area contributed by atoms with Gasteiger partial charge in [0.25, 0.3) is 0 Å². The molecule has 1 aromatic rings. The van der Waals surface area contributed by atoms with Gasteiger partial charge in [-0.15, -0.1) is 0 Å². The Balaban J connectivity index is 1.92. The molecule has 1 atom stereocenters. The van der Waals surface area contributed by atoms with Gasteiger partial charge in [0.15, 0.2) is 5.78 Å². The van der Waals surface area contributed by atoms with Gasteiger partial charge in [-0.05, 0) is 43.0 Å². The number of carbonyl (C=O) groups excluding carboxylic acids is 2. The Bertz CT molecular complexity index is 520. The Morgan fingerprint density at radius 1 is 1.18 bits per heavy atom. The number of rotatable bonds is 5. The number of hydrogen-bond acceptors (Lipinski definition) is 2. The van der Waals surface area contributed by atoms with Crippen molar-refractivity contribution in [1.29, 1.82) is 0 Å². The quantitative estimate of drug-likeness (QED) is 0.778. The molecular weight excluding hydrogens is 281 g/mol. The predicted octanol–water partition coefficient (Wildman–Crippen LogP) is 3.68. The first kappa shape index (κ1) is 16.7. The van der Waals surface area contributed by atoms with Crippen molar-refractivity contribution in [2.75, 3.05) is 13.6 Å². The second-order valence-electron chi connectivity index (χ2n) is 6.31. The maximum absolute atomic E-state index is 12.9. The molecule has 1 aliphatic carbocycles. The zero-order chi connectivity index (χ0) is 16.1. The summed E-state index contributed by atoms with van der Waals surface area (Å²) in [4.78, 5) is 26.1. The van der Waals surface area contributed by atoms with Crippen LogP contribution >= 0.6 is 0 Å². The summed E-state index contributed by atoms with van der Waals surface area (Å²) in [6.07, 6.45) is 5.86. The summed E-state index contributed by atoms with van der Waals surface area (Å²) < 4.78 is 12.9. The van der Waals surface area contributed by atoms with Crippen LogP contribution in [0.4, 0.5) is 4.39 Å². The molecule has 0 N–H and O–H groups in total. The number of carbonyl (C=O) groups is 2. The Hall–Kier alpha value is -1.71. The largest absolute Gasteiger partial charge is 0.338 e. The number of benzene rings is 1. The Labute approximate surface area is 131 Å². The van der Waals surface area contributed by atoms with Crippen LogP contribution in [0.1, 0.15) is 49.4 Å². The minimum atomic E-state index is -0.369. The number of amides is 1. The highest BCUT2D eigenvalue weighted by Crippen LogP contribution is 2.30. The molecule has 0 radical (unpaired) electrons. The lowest BCUT2D eigenvalue weighted by atomic mass is 9.80. The van der Waals surface area contributed by atoms with Gasteiger partial charge in [-0.25, -0.2) is 4.39 Å². The van der Waals surface area contributed by atoms with Gasteiger partial charge < -0.3 is 4.90 Å². The van der Waals surface area contributed by atoms with Crippen molar-refractivity contribution in [3.8, 4) is 0 Å². The second-order valence-corrected chi connectivity index (χ2v) is 6.31. The van der Waals surface area contributed by atoms with E-state index in [1.807, 2.05) is 6.92 Å². The highest BCUT2D eigenvalue weighted by atomic mass is 19.1. The molecule has 120 valence electrons. The van der Waals surface area contributed by atoms with E-state index in [4.69, 9.17) is 0 Å². The molecule has 1 aliphatic rings. The van der Waals surface area contributed by atoms with Gasteiger partial charge in [-0.1, -0.05) is 26.2 Å². The molecule has 0 bridgehead atoms. The number of hydrogen-bond donors (Lipinski definition) is 0. The molecule has 0 aliphatic heterocycles. The van der Waals surface area contributed by atoms with Crippen LogP contribution in [0.15, 0.2) is 24.3 Å². The van der Waals surface area contributed by atoms with E-state index in [0.29, 0.717) is 11.5 Å². The van der Waals surface area contributed by atoms with E-state index in [2.05, 4.69) is 0 Å². The van der Waals surface area contributed by atoms with E-state index >= 15 is 0 Å². The van der Waals surface area contributed by atoms with Crippen LogP contribution in [0.5, 0.6) is 0 Å². The van der Waals surface area contributed by atoms with Gasteiger partial charge in [0, 0.05) is 18.5 Å². The third-order valence-electron chi connectivity index (χ3n) is 4.67. The first-order valence-corrected chi connectivity index (χ1v) is 8.03. The topological polar surface area (TPSA) is 37.4 Å². The van der Waals surface area contributed by atoms with Crippen molar-refractivity contribution < 1.29 is 14.0 Å². The lowest BCUT2D eigenvalue weighted by Gasteiger charge is -2.29. The summed E-state index contributed by atoms with van der Waals surface area (Å²) in [5.41, 5.74) is 0.436. The normalized spacial score (nSPS) is 17.0. The van der Waals surface area contributed by atoms with Crippen molar-refractivity contribution in [2.45, 2.75) is 39.0 Å². The molecule has 0 aromatic heterocycles. The van der Waals surface area contributed by atoms with Crippen LogP contribution in [-0.2, 0) is 4.79 Å². The first-order valence-electron chi connectivity index (χ1n) is 8.03. The standard InChI is InChI=1S/C18H24FNO2/c1-13(14-6-4-3-5-7-14)18(22)20(2)12-17(21)15-8-10-16(19)11-9-15/h8-11,13-14H,3-7,12H2,1-2H3. The van der Waals surface area contributed by atoms with Crippen LogP contribution in [0.2, 0.25) is 0 Å². The third kappa shape index (κ3) is 4.15. The van der Waals surface area contributed by atoms with Crippen LogP contribution in [0.3, 0.4) is 0 Å². The summed E-state index contributed by atoms with van der Waals surface area (Å²) in [6.45, 7) is 2.01. The minimum absolute atomic E-state index is 0.0300. The lowest BCUT2D eigenvalue weighted by Crippen LogP contribution is -2.38. The summed E-state index contributed by atoms with van der Waals surface area (Å²) >= 11 is 0. The molecule has 0 heterocycles. The van der Waals surface area contributed by atoms with Crippen molar-refractivity contribution in [3.63, 3.8) is 0 Å². The average Bonchev–Trinajstić information content (AvgIpc) is 2.54. The Kier molecular flexibility index (Phi) is 5.69. The molecular formula is C18H24FNO2. The highest BCUT2D eigenvalue weighted by molar-refractivity contribution is 5.99. The maximum atomic E-state index is 12.9. The van der Waals surface area contributed by atoms with Gasteiger partial charge in [0.05, 0.1) is 6.54 Å². The van der Waals surface area contributed by atoms with Crippen molar-refractivity contribution in [1.82, 2.24) is 4.90 Å². The maximum Gasteiger partial charge on any atom is 0.225 e. The van der Waals surface area contributed by atoms with Gasteiger partial charge >= 0.3 is 0 Å². The van der Waals surface area contributed by atoms with E-state index in [9.17, 15) is 14.0 Å². The van der Waals surface area contributed by atoms with E-state index < -0.39 is 0 Å². The van der Waals surface area contributed by atoms with Gasteiger partial charge in [-0.3, -0.25) is 9.59 Å². The number of Topliss-reactive ketones (excluding diaryl/α,β-unsaturated/α-hetero) is 1. The minimum Gasteiger partial charge on any atom is -0.338 e. The van der Waals surface area contributed by atoms with Crippen molar-refractivity contribution >= 4 is 11.7 Å². The summed E-state index contributed by atoms with van der Waals surface area (Å²) in [5, 5.41) is 0. The molecule has 1 saturated carbocycles. The van der Waals surface area contributed by atoms with E-state index in [-0.39, 0.29) is 30.0 Å². The molecule has 1 amide bonds. The molecule has 2 rings (SSSR count). The highest BCUT2D eigenvalue weighted by Gasteiger charge is 2.28. The molecule has 22 heavy (non-hydrogen) atoms. The fourth-order valence-electron chi connectivity index (χ4n) is 3.20. The van der Waals surface area contributed by atoms with Crippen molar-refractivity contribution in [3.05, 3.63) is 35.6 Å². The van der Waals surface area contributed by atoms with E-state index in [1.54, 1.807) is 7.05 Å². The van der Waals surface area contributed by atoms with Crippen LogP contribution in [0, 0.1) is 17.7 Å². The van der Waals surface area contributed by atoms with Gasteiger partial charge in [0.1, 0.15) is 5.82 Å². The number of halogens is 1. The third-order valence-corrected chi connectivity index (χ3v) is 4.67. The number of ketones is 1. The SMILES string of the molecule is CC(C(=O)N(C)CC(=O)c1ccc(F)cc1)C1CCCCC1. The fraction of sp³-hybridized carbons (Fsp3) is 0.556. The van der Waals surface area contributed by atoms with Gasteiger partial charge in [-0.2, -0.15) is 0 Å². The van der Waals surface area contributed by atoms with Gasteiger partial charge in [0.2, 0.25) is 5.91 Å². The number of likely N-dealkylation sites (N-methyl/N-ethyl adjacent to an activating group) is 1. The van der Waals surface area contributed by atoms with Crippen LogP contribution < -0.4 is 0 Å². The smallest absolute Gasteiger partial charge is 0.225 e. The predicted molar refractivity (Wildman–Crippen MR) is 84.1 cm³/mol. The van der Waals surface area contributed by atoms with E-state index in [1.165, 1.54) is 48.4 Å². The van der Waals surface area contributed by atoms with Crippen molar-refractivity contribution in [2.24, 2.45) is 11.8 Å². The zero-order valence-electron chi connectivity index (χ0n) is 13.3. The molecule has 1 aromatic carbocycles. The van der Waals surface area contributed by atoms with E-state index in [0.717, 1.165) is 12.8 Å². The summed E-state index contributed by atoms with van der Waals surface area (Å²) in [7, 11) is 1.67. The van der Waals surface area contributed by atoms with Crippen LogP contribution in [-0.4, -0.2) is 30.2 Å². The monoisotopic (exact) mass is 305 g/mol. The molecule has 1 fully saturated rings. The lowest BCUT2D eigenvalue weighted by molar-refractivity contribution is -0.135. The Morgan fingerprint density at radius 3 is 2.36 bits per heavy atom. The Morgan fingerprint density at radius 2 is 1.77 bits per heavy atom. The first-order chi connectivity index (χ1) is 10.5. The molecule has 3 nitrogen and oxygen atoms in total. The summed E-state index contributed by atoms with van der Waals surface area (Å²) in [6, 6.07) is 5.44.